The highest BCUT2D eigenvalue weighted by molar-refractivity contribution is 7.80. The van der Waals surface area contributed by atoms with Crippen LogP contribution in [0.3, 0.4) is 0 Å². The highest BCUT2D eigenvalue weighted by atomic mass is 32.3. The first-order chi connectivity index (χ1) is 12.7. The molecular weight excluding hydrogens is 366 g/mol. The van der Waals surface area contributed by atoms with Crippen LogP contribution in [0.4, 0.5) is 0 Å². The minimum atomic E-state index is -4.64. The molecule has 6 nitrogen and oxygen atoms in total. The monoisotopic (exact) mass is 391 g/mol. The van der Waals surface area contributed by atoms with E-state index < -0.39 is 21.4 Å². The van der Waals surface area contributed by atoms with Gasteiger partial charge in [0, 0.05) is 11.8 Å². The molecule has 0 aromatic rings. The molecule has 0 aromatic heterocycles. The number of nitrogens with zero attached hydrogens (tertiary/aromatic N) is 1. The molecule has 4 aliphatic carbocycles. The number of hydrogen-bond acceptors (Lipinski definition) is 5. The highest BCUT2D eigenvalue weighted by Crippen LogP contribution is 2.65. The van der Waals surface area contributed by atoms with Crippen LogP contribution in [0.5, 0.6) is 0 Å². The number of allylic oxidation sites excluding steroid dienone is 4. The van der Waals surface area contributed by atoms with Crippen molar-refractivity contribution >= 4 is 16.2 Å². The molecule has 7 heteroatoms. The highest BCUT2D eigenvalue weighted by Gasteiger charge is 2.63. The quantitative estimate of drug-likeness (QED) is 0.736. The molecule has 4 atom stereocenters. The van der Waals surface area contributed by atoms with Crippen LogP contribution in [0, 0.1) is 28.6 Å². The molecule has 4 rings (SSSR count). The van der Waals surface area contributed by atoms with Gasteiger partial charge in [-0.1, -0.05) is 12.5 Å². The Bertz CT molecular complexity index is 896. The second-order valence-electron chi connectivity index (χ2n) is 8.69. The molecule has 0 radical (unpaired) electrons. The summed E-state index contributed by atoms with van der Waals surface area (Å²) < 4.78 is 37.7. The van der Waals surface area contributed by atoms with Crippen LogP contribution < -0.4 is 0 Å². The Morgan fingerprint density at radius 3 is 2.74 bits per heavy atom. The molecule has 0 heterocycles. The van der Waals surface area contributed by atoms with E-state index in [4.69, 9.17) is 4.18 Å². The third-order valence-corrected chi connectivity index (χ3v) is 8.18. The second-order valence-corrected chi connectivity index (χ2v) is 9.71. The van der Waals surface area contributed by atoms with Crippen molar-refractivity contribution < 1.29 is 21.9 Å². The number of carbonyl (C=O) groups excluding carboxylic acids is 1. The maximum absolute atomic E-state index is 11.8. The molecule has 0 amide bonds. The standard InChI is InChI=1S/C20H25NO5S/c1-19-8-6-16-15-5-3-14(22)12-13(15)2-4-17(16)18(19)7-9-20(19,10-11-21)26-27(23,24)25/h12,17-18H,2-10H2,1H3,(H,23,24,25)/t17-,18+,19+,20-/m1/s1. The molecular formula is C20H25NO5S. The number of fused-ring (bicyclic) bond motifs is 4. The van der Waals surface area contributed by atoms with Gasteiger partial charge < -0.3 is 0 Å². The third-order valence-electron chi connectivity index (χ3n) is 7.65. The molecule has 2 fully saturated rings. The van der Waals surface area contributed by atoms with Gasteiger partial charge in [-0.15, -0.1) is 0 Å². The molecule has 0 aliphatic heterocycles. The van der Waals surface area contributed by atoms with Crippen molar-refractivity contribution in [1.29, 1.82) is 5.26 Å². The van der Waals surface area contributed by atoms with Crippen molar-refractivity contribution in [3.05, 3.63) is 22.8 Å². The van der Waals surface area contributed by atoms with E-state index in [1.165, 1.54) is 16.7 Å². The topological polar surface area (TPSA) is 104 Å². The summed E-state index contributed by atoms with van der Waals surface area (Å²) in [6.07, 6.45) is 7.79. The maximum Gasteiger partial charge on any atom is 0.397 e. The van der Waals surface area contributed by atoms with Gasteiger partial charge in [0.1, 0.15) is 5.60 Å². The van der Waals surface area contributed by atoms with E-state index >= 15 is 0 Å². The molecule has 146 valence electrons. The predicted molar refractivity (Wildman–Crippen MR) is 97.7 cm³/mol. The van der Waals surface area contributed by atoms with Gasteiger partial charge in [-0.05, 0) is 74.0 Å². The zero-order valence-electron chi connectivity index (χ0n) is 15.5. The summed E-state index contributed by atoms with van der Waals surface area (Å²) in [4.78, 5) is 11.8. The van der Waals surface area contributed by atoms with Gasteiger partial charge in [0.25, 0.3) is 0 Å². The van der Waals surface area contributed by atoms with Gasteiger partial charge in [-0.3, -0.25) is 9.35 Å². The van der Waals surface area contributed by atoms with Crippen molar-refractivity contribution in [2.45, 2.75) is 70.3 Å². The van der Waals surface area contributed by atoms with Gasteiger partial charge in [0.2, 0.25) is 0 Å². The lowest BCUT2D eigenvalue weighted by molar-refractivity contribution is -0.114. The van der Waals surface area contributed by atoms with Crippen LogP contribution in [-0.2, 0) is 19.4 Å². The Morgan fingerprint density at radius 1 is 1.26 bits per heavy atom. The molecule has 0 saturated heterocycles. The van der Waals surface area contributed by atoms with E-state index in [1.54, 1.807) is 0 Å². The summed E-state index contributed by atoms with van der Waals surface area (Å²) in [5, 5.41) is 9.35. The Kier molecular flexibility index (Phi) is 4.37. The Labute approximate surface area is 160 Å². The lowest BCUT2D eigenvalue weighted by atomic mass is 9.54. The van der Waals surface area contributed by atoms with Gasteiger partial charge in [0.05, 0.1) is 12.5 Å². The Morgan fingerprint density at radius 2 is 2.04 bits per heavy atom. The Hall–Kier alpha value is -1.49. The van der Waals surface area contributed by atoms with Crippen molar-refractivity contribution in [3.63, 3.8) is 0 Å². The van der Waals surface area contributed by atoms with Crippen LogP contribution >= 0.6 is 0 Å². The number of rotatable bonds is 3. The summed E-state index contributed by atoms with van der Waals surface area (Å²) in [5.74, 6) is 0.779. The van der Waals surface area contributed by atoms with E-state index in [0.717, 1.165) is 38.5 Å². The van der Waals surface area contributed by atoms with Crippen LogP contribution in [0.2, 0.25) is 0 Å². The van der Waals surface area contributed by atoms with Crippen molar-refractivity contribution in [2.24, 2.45) is 17.3 Å². The van der Waals surface area contributed by atoms with E-state index in [-0.39, 0.29) is 18.1 Å². The normalized spacial score (nSPS) is 38.6. The molecule has 0 bridgehead atoms. The van der Waals surface area contributed by atoms with Gasteiger partial charge in [-0.25, -0.2) is 4.18 Å². The zero-order valence-corrected chi connectivity index (χ0v) is 16.3. The number of ketones is 1. The smallest absolute Gasteiger partial charge is 0.295 e. The number of nitriles is 1. The van der Waals surface area contributed by atoms with Crippen molar-refractivity contribution in [1.82, 2.24) is 0 Å². The van der Waals surface area contributed by atoms with Crippen LogP contribution in [0.25, 0.3) is 0 Å². The van der Waals surface area contributed by atoms with E-state index in [1.807, 2.05) is 13.0 Å². The maximum atomic E-state index is 11.8. The molecule has 2 saturated carbocycles. The summed E-state index contributed by atoms with van der Waals surface area (Å²) in [6, 6.07) is 2.09. The first-order valence-electron chi connectivity index (χ1n) is 9.70. The lowest BCUT2D eigenvalue weighted by Gasteiger charge is -2.52. The fourth-order valence-corrected chi connectivity index (χ4v) is 7.15. The Balaban J connectivity index is 1.73. The minimum Gasteiger partial charge on any atom is -0.295 e. The van der Waals surface area contributed by atoms with Gasteiger partial charge in [-0.2, -0.15) is 13.7 Å². The first kappa shape index (κ1) is 18.9. The third kappa shape index (κ3) is 2.89. The van der Waals surface area contributed by atoms with Crippen LogP contribution in [0.1, 0.15) is 64.7 Å². The largest absolute Gasteiger partial charge is 0.397 e. The summed E-state index contributed by atoms with van der Waals surface area (Å²) in [6.45, 7) is 2.03. The second kappa shape index (κ2) is 6.26. The molecule has 1 N–H and O–H groups in total. The van der Waals surface area contributed by atoms with Crippen molar-refractivity contribution in [3.8, 4) is 6.07 Å². The minimum absolute atomic E-state index is 0.0436. The zero-order chi connectivity index (χ0) is 19.4. The van der Waals surface area contributed by atoms with Crippen molar-refractivity contribution in [2.75, 3.05) is 0 Å². The molecule has 0 spiro atoms. The summed E-state index contributed by atoms with van der Waals surface area (Å²) in [5.41, 5.74) is 2.34. The molecule has 27 heavy (non-hydrogen) atoms. The average Bonchev–Trinajstić information content (AvgIpc) is 2.85. The van der Waals surface area contributed by atoms with Crippen LogP contribution in [0.15, 0.2) is 22.8 Å². The van der Waals surface area contributed by atoms with Gasteiger partial charge >= 0.3 is 10.4 Å². The van der Waals surface area contributed by atoms with Gasteiger partial charge in [0.15, 0.2) is 5.78 Å². The fraction of sp³-hybridized carbons (Fsp3) is 0.700. The summed E-state index contributed by atoms with van der Waals surface area (Å²) >= 11 is 0. The number of hydrogen-bond donors (Lipinski definition) is 1. The van der Waals surface area contributed by atoms with E-state index in [0.29, 0.717) is 18.8 Å². The molecule has 0 unspecified atom stereocenters. The van der Waals surface area contributed by atoms with E-state index in [2.05, 4.69) is 6.07 Å². The summed E-state index contributed by atoms with van der Waals surface area (Å²) in [7, 11) is -4.64. The molecule has 4 aliphatic rings. The average molecular weight is 391 g/mol. The van der Waals surface area contributed by atoms with E-state index in [9.17, 15) is 23.0 Å². The first-order valence-corrected chi connectivity index (χ1v) is 11.1. The number of carbonyl (C=O) groups is 1. The SMILES string of the molecule is C[C@]12CCC3=C4CCC(=O)C=C4CC[C@H]3[C@@H]1CC[C@]2(CC#N)OS(=O)(=O)O. The predicted octanol–water partition coefficient (Wildman–Crippen LogP) is 3.66. The molecule has 0 aromatic carbocycles. The van der Waals surface area contributed by atoms with Crippen LogP contribution in [-0.4, -0.2) is 24.4 Å². The fourth-order valence-electron chi connectivity index (χ4n) is 6.41. The lowest BCUT2D eigenvalue weighted by Crippen LogP contribution is -2.52.